The van der Waals surface area contributed by atoms with Crippen molar-refractivity contribution in [2.24, 2.45) is 7.05 Å². The zero-order valence-electron chi connectivity index (χ0n) is 24.7. The van der Waals surface area contributed by atoms with Crippen molar-refractivity contribution in [3.8, 4) is 0 Å². The Labute approximate surface area is 256 Å². The number of aryl methyl sites for hydroxylation is 1. The molecule has 226 valence electrons. The molecule has 9 nitrogen and oxygen atoms in total. The van der Waals surface area contributed by atoms with E-state index in [-0.39, 0.29) is 31.1 Å². The molecule has 4 atom stereocenters. The predicted molar refractivity (Wildman–Crippen MR) is 167 cm³/mol. The fraction of sp³-hybridized carbons (Fsp3) is 0.314. The molecule has 2 saturated heterocycles. The maximum absolute atomic E-state index is 14.1. The Bertz CT molecular complexity index is 1670. The molecule has 6 rings (SSSR count). The molecule has 0 bridgehead atoms. The zero-order chi connectivity index (χ0) is 30.6. The number of fused-ring (bicyclic) bond motifs is 2. The average molecular weight is 592 g/mol. The Morgan fingerprint density at radius 1 is 0.659 bits per heavy atom. The molecule has 2 aliphatic rings. The lowest BCUT2D eigenvalue weighted by Gasteiger charge is -2.32. The molecule has 2 fully saturated rings. The minimum atomic E-state index is -0.983. The zero-order valence-corrected chi connectivity index (χ0v) is 24.7. The van der Waals surface area contributed by atoms with Crippen molar-refractivity contribution >= 4 is 34.5 Å². The van der Waals surface area contributed by atoms with Crippen molar-refractivity contribution in [2.45, 2.75) is 56.3 Å². The van der Waals surface area contributed by atoms with Gasteiger partial charge in [-0.1, -0.05) is 78.9 Å². The number of carbonyl (C=O) groups excluding carboxylic acids is 4. The summed E-state index contributed by atoms with van der Waals surface area (Å²) >= 11 is 0. The molecule has 0 spiro atoms. The highest BCUT2D eigenvalue weighted by molar-refractivity contribution is 5.98. The van der Waals surface area contributed by atoms with Crippen molar-refractivity contribution in [3.05, 3.63) is 108 Å². The lowest BCUT2D eigenvalue weighted by atomic mass is 9.99. The molecule has 0 saturated carbocycles. The molecule has 0 radical (unpaired) electrons. The summed E-state index contributed by atoms with van der Waals surface area (Å²) in [5.41, 5.74) is 3.66. The Morgan fingerprint density at radius 3 is 1.89 bits per heavy atom. The summed E-state index contributed by atoms with van der Waals surface area (Å²) in [6.45, 7) is 0.410. The van der Waals surface area contributed by atoms with Crippen molar-refractivity contribution in [1.29, 1.82) is 0 Å². The highest BCUT2D eigenvalue weighted by Crippen LogP contribution is 2.23. The summed E-state index contributed by atoms with van der Waals surface area (Å²) in [5.74, 6) is -1.54. The van der Waals surface area contributed by atoms with Crippen LogP contribution in [0.3, 0.4) is 0 Å². The van der Waals surface area contributed by atoms with Crippen LogP contribution in [-0.4, -0.2) is 63.8 Å². The van der Waals surface area contributed by atoms with Gasteiger partial charge < -0.3 is 25.4 Å². The third-order valence-electron chi connectivity index (χ3n) is 8.69. The van der Waals surface area contributed by atoms with Gasteiger partial charge in [0, 0.05) is 50.0 Å². The van der Waals surface area contributed by atoms with Crippen LogP contribution < -0.4 is 16.0 Å². The number of amides is 4. The molecule has 1 aromatic heterocycles. The lowest BCUT2D eigenvalue weighted by molar-refractivity contribution is -0.143. The lowest BCUT2D eigenvalue weighted by Crippen LogP contribution is -2.62. The van der Waals surface area contributed by atoms with Crippen molar-refractivity contribution in [1.82, 2.24) is 25.4 Å². The van der Waals surface area contributed by atoms with Crippen molar-refractivity contribution < 1.29 is 19.2 Å². The van der Waals surface area contributed by atoms with Gasteiger partial charge in [0.05, 0.1) is 0 Å². The van der Waals surface area contributed by atoms with Gasteiger partial charge >= 0.3 is 0 Å². The Hall–Kier alpha value is -4.92. The van der Waals surface area contributed by atoms with Gasteiger partial charge in [0.2, 0.25) is 23.6 Å². The third-order valence-corrected chi connectivity index (χ3v) is 8.69. The third kappa shape index (κ3) is 6.22. The smallest absolute Gasteiger partial charge is 0.246 e. The first-order valence-corrected chi connectivity index (χ1v) is 15.2. The van der Waals surface area contributed by atoms with Gasteiger partial charge in [-0.05, 0) is 35.6 Å². The van der Waals surface area contributed by atoms with Gasteiger partial charge in [-0.15, -0.1) is 0 Å². The fourth-order valence-electron chi connectivity index (χ4n) is 6.44. The fourth-order valence-corrected chi connectivity index (χ4v) is 6.44. The molecule has 0 aliphatic carbocycles. The van der Waals surface area contributed by atoms with E-state index >= 15 is 0 Å². The largest absolute Gasteiger partial charge is 0.350 e. The minimum Gasteiger partial charge on any atom is -0.350 e. The van der Waals surface area contributed by atoms with E-state index < -0.39 is 36.0 Å². The van der Waals surface area contributed by atoms with Gasteiger partial charge in [-0.25, -0.2) is 0 Å². The second-order valence-electron chi connectivity index (χ2n) is 11.7. The second-order valence-corrected chi connectivity index (χ2v) is 11.7. The van der Waals surface area contributed by atoms with Crippen molar-refractivity contribution in [3.63, 3.8) is 0 Å². The van der Waals surface area contributed by atoms with Crippen LogP contribution in [0.4, 0.5) is 0 Å². The molecular weight excluding hydrogens is 554 g/mol. The summed E-state index contributed by atoms with van der Waals surface area (Å²) < 4.78 is 1.99. The van der Waals surface area contributed by atoms with E-state index in [9.17, 15) is 19.2 Å². The van der Waals surface area contributed by atoms with Gasteiger partial charge in [-0.2, -0.15) is 0 Å². The molecule has 3 N–H and O–H groups in total. The molecule has 4 aromatic rings. The Morgan fingerprint density at radius 2 is 1.20 bits per heavy atom. The molecule has 9 heteroatoms. The number of hydrogen-bond donors (Lipinski definition) is 3. The van der Waals surface area contributed by atoms with Gasteiger partial charge in [0.25, 0.3) is 0 Å². The average Bonchev–Trinajstić information content (AvgIpc) is 3.65. The molecule has 44 heavy (non-hydrogen) atoms. The second kappa shape index (κ2) is 12.8. The molecule has 0 unspecified atom stereocenters. The summed E-state index contributed by atoms with van der Waals surface area (Å²) in [6, 6.07) is 23.3. The van der Waals surface area contributed by atoms with Gasteiger partial charge in [0.1, 0.15) is 24.2 Å². The Kier molecular flexibility index (Phi) is 8.45. The maximum atomic E-state index is 14.1. The van der Waals surface area contributed by atoms with E-state index in [1.807, 2.05) is 103 Å². The maximum Gasteiger partial charge on any atom is 0.246 e. The first-order chi connectivity index (χ1) is 21.4. The molecule has 3 heterocycles. The summed E-state index contributed by atoms with van der Waals surface area (Å²) in [7, 11) is 1.94. The monoisotopic (exact) mass is 591 g/mol. The number of rotatable bonds is 6. The number of aromatic nitrogens is 1. The molecular formula is C35H37N5O4. The topological polar surface area (TPSA) is 113 Å². The molecule has 2 aliphatic heterocycles. The van der Waals surface area contributed by atoms with E-state index in [0.717, 1.165) is 27.6 Å². The standard InChI is InChI=1S/C35H37N5O4/c1-39-22-25(26-15-8-9-16-30(26)39)21-28-33(42)38-29(20-24-13-6-3-7-14-24)35(44)40-18-10-17-31(40)34(43)37-27(32(41)36-28)19-23-11-4-2-5-12-23/h2-9,11-16,22,27-29,31H,10,17-21H2,1H3,(H,36,41)(H,37,43)(H,38,42)/t27-,28+,29-,31+/m0/s1. The highest BCUT2D eigenvalue weighted by atomic mass is 16.2. The first kappa shape index (κ1) is 29.2. The first-order valence-electron chi connectivity index (χ1n) is 15.2. The van der Waals surface area contributed by atoms with E-state index in [2.05, 4.69) is 16.0 Å². The van der Waals surface area contributed by atoms with Gasteiger partial charge in [0.15, 0.2) is 0 Å². The summed E-state index contributed by atoms with van der Waals surface area (Å²) in [6.07, 6.45) is 3.84. The quantitative estimate of drug-likeness (QED) is 0.320. The molecule has 4 amide bonds. The number of para-hydroxylation sites is 1. The summed E-state index contributed by atoms with van der Waals surface area (Å²) in [4.78, 5) is 57.3. The number of nitrogens with zero attached hydrogens (tertiary/aromatic N) is 2. The SMILES string of the molecule is Cn1cc(C[C@H]2NC(=O)[C@H](Cc3ccccc3)NC(=O)[C@H]3CCCN3C(=O)[C@H](Cc3ccccc3)NC2=O)c2ccccc21. The normalized spacial score (nSPS) is 22.9. The van der Waals surface area contributed by atoms with Crippen LogP contribution in [0.2, 0.25) is 0 Å². The minimum absolute atomic E-state index is 0.212. The highest BCUT2D eigenvalue weighted by Gasteiger charge is 2.40. The van der Waals surface area contributed by atoms with E-state index in [0.29, 0.717) is 19.4 Å². The number of hydrogen-bond acceptors (Lipinski definition) is 4. The predicted octanol–water partition coefficient (Wildman–Crippen LogP) is 2.67. The Balaban J connectivity index is 1.37. The van der Waals surface area contributed by atoms with E-state index in [1.54, 1.807) is 4.90 Å². The van der Waals surface area contributed by atoms with Crippen LogP contribution in [0.5, 0.6) is 0 Å². The van der Waals surface area contributed by atoms with E-state index in [1.165, 1.54) is 0 Å². The van der Waals surface area contributed by atoms with Crippen LogP contribution in [-0.2, 0) is 45.5 Å². The van der Waals surface area contributed by atoms with Gasteiger partial charge in [-0.3, -0.25) is 19.2 Å². The van der Waals surface area contributed by atoms with Crippen LogP contribution in [0.15, 0.2) is 91.1 Å². The van der Waals surface area contributed by atoms with Crippen LogP contribution in [0.1, 0.15) is 29.5 Å². The number of carbonyl (C=O) groups is 4. The number of benzene rings is 3. The number of nitrogens with one attached hydrogen (secondary N) is 3. The summed E-state index contributed by atoms with van der Waals surface area (Å²) in [5, 5.41) is 9.87. The van der Waals surface area contributed by atoms with Crippen LogP contribution >= 0.6 is 0 Å². The van der Waals surface area contributed by atoms with Crippen LogP contribution in [0, 0.1) is 0 Å². The van der Waals surface area contributed by atoms with Crippen molar-refractivity contribution in [2.75, 3.05) is 6.54 Å². The van der Waals surface area contributed by atoms with Crippen LogP contribution in [0.25, 0.3) is 10.9 Å². The molecule has 3 aromatic carbocycles. The van der Waals surface area contributed by atoms with E-state index in [4.69, 9.17) is 0 Å².